The van der Waals surface area contributed by atoms with Gasteiger partial charge in [-0.15, -0.1) is 0 Å². The maximum Gasteiger partial charge on any atom is 0.121 e. The molecule has 0 aromatic heterocycles. The molecule has 112 valence electrons. The van der Waals surface area contributed by atoms with E-state index in [1.54, 1.807) is 0 Å². The van der Waals surface area contributed by atoms with Crippen LogP contribution in [0.25, 0.3) is 0 Å². The van der Waals surface area contributed by atoms with Crippen molar-refractivity contribution in [3.05, 3.63) is 24.3 Å². The third kappa shape index (κ3) is 4.41. The van der Waals surface area contributed by atoms with E-state index in [4.69, 9.17) is 4.74 Å². The molecule has 1 aliphatic heterocycles. The lowest BCUT2D eigenvalue weighted by atomic mass is 10.0. The Kier molecular flexibility index (Phi) is 5.72. The summed E-state index contributed by atoms with van der Waals surface area (Å²) in [5.41, 5.74) is 1.29. The lowest BCUT2D eigenvalue weighted by Crippen LogP contribution is -2.38. The standard InChI is InChI=1S/C17H28N2O/c1-4-20-17-8-5-7-16(12-17)19-10-6-9-18-15(13-19)11-14(2)3/h5,7-8,12,14-15,18H,4,6,9-11,13H2,1-3H3. The molecule has 1 aromatic rings. The number of nitrogens with one attached hydrogen (secondary N) is 1. The first kappa shape index (κ1) is 15.2. The maximum atomic E-state index is 5.62. The molecule has 1 N–H and O–H groups in total. The summed E-state index contributed by atoms with van der Waals surface area (Å²) in [5.74, 6) is 1.71. The van der Waals surface area contributed by atoms with Crippen LogP contribution in [-0.4, -0.2) is 32.3 Å². The first-order valence-corrected chi connectivity index (χ1v) is 7.90. The van der Waals surface area contributed by atoms with Crippen molar-refractivity contribution in [1.82, 2.24) is 5.32 Å². The predicted molar refractivity (Wildman–Crippen MR) is 85.7 cm³/mol. The molecule has 1 unspecified atom stereocenters. The highest BCUT2D eigenvalue weighted by Gasteiger charge is 2.19. The van der Waals surface area contributed by atoms with Crippen molar-refractivity contribution in [2.75, 3.05) is 31.1 Å². The highest BCUT2D eigenvalue weighted by Crippen LogP contribution is 2.23. The van der Waals surface area contributed by atoms with Crippen LogP contribution in [-0.2, 0) is 0 Å². The number of hydrogen-bond donors (Lipinski definition) is 1. The number of anilines is 1. The second-order valence-corrected chi connectivity index (χ2v) is 6.01. The average molecular weight is 276 g/mol. The van der Waals surface area contributed by atoms with E-state index in [9.17, 15) is 0 Å². The van der Waals surface area contributed by atoms with Crippen molar-refractivity contribution < 1.29 is 4.74 Å². The second-order valence-electron chi connectivity index (χ2n) is 6.01. The van der Waals surface area contributed by atoms with Gasteiger partial charge < -0.3 is 15.0 Å². The van der Waals surface area contributed by atoms with E-state index in [2.05, 4.69) is 42.3 Å². The fourth-order valence-corrected chi connectivity index (χ4v) is 2.90. The Bertz CT molecular complexity index is 406. The van der Waals surface area contributed by atoms with Crippen LogP contribution in [0, 0.1) is 5.92 Å². The molecule has 0 aliphatic carbocycles. The molecule has 3 nitrogen and oxygen atoms in total. The molecule has 2 rings (SSSR count). The molecule has 1 atom stereocenters. The third-order valence-corrected chi connectivity index (χ3v) is 3.73. The van der Waals surface area contributed by atoms with E-state index in [0.29, 0.717) is 6.04 Å². The van der Waals surface area contributed by atoms with Crippen molar-refractivity contribution in [1.29, 1.82) is 0 Å². The minimum Gasteiger partial charge on any atom is -0.494 e. The van der Waals surface area contributed by atoms with E-state index in [0.717, 1.165) is 37.9 Å². The van der Waals surface area contributed by atoms with Gasteiger partial charge in [0.2, 0.25) is 0 Å². The van der Waals surface area contributed by atoms with E-state index < -0.39 is 0 Å². The van der Waals surface area contributed by atoms with Gasteiger partial charge >= 0.3 is 0 Å². The molecule has 1 aromatic carbocycles. The van der Waals surface area contributed by atoms with Gasteiger partial charge in [-0.25, -0.2) is 0 Å². The number of rotatable bonds is 5. The Morgan fingerprint density at radius 2 is 2.25 bits per heavy atom. The highest BCUT2D eigenvalue weighted by atomic mass is 16.5. The van der Waals surface area contributed by atoms with Crippen LogP contribution in [0.2, 0.25) is 0 Å². The normalized spacial score (nSPS) is 20.0. The summed E-state index contributed by atoms with van der Waals surface area (Å²) in [6.45, 7) is 10.7. The summed E-state index contributed by atoms with van der Waals surface area (Å²) in [4.78, 5) is 2.50. The Balaban J connectivity index is 2.07. The van der Waals surface area contributed by atoms with Gasteiger partial charge in [-0.2, -0.15) is 0 Å². The van der Waals surface area contributed by atoms with Crippen LogP contribution in [0.5, 0.6) is 5.75 Å². The van der Waals surface area contributed by atoms with Gasteiger partial charge in [0.05, 0.1) is 6.61 Å². The molecule has 0 amide bonds. The van der Waals surface area contributed by atoms with Crippen LogP contribution in [0.15, 0.2) is 24.3 Å². The first-order chi connectivity index (χ1) is 9.69. The van der Waals surface area contributed by atoms with Crippen LogP contribution in [0.4, 0.5) is 5.69 Å². The Morgan fingerprint density at radius 3 is 3.00 bits per heavy atom. The number of nitrogens with zero attached hydrogens (tertiary/aromatic N) is 1. The maximum absolute atomic E-state index is 5.62. The molecule has 0 saturated carbocycles. The van der Waals surface area contributed by atoms with Gasteiger partial charge in [0.25, 0.3) is 0 Å². The molecular weight excluding hydrogens is 248 g/mol. The second kappa shape index (κ2) is 7.53. The summed E-state index contributed by atoms with van der Waals surface area (Å²) in [5, 5.41) is 3.68. The molecule has 20 heavy (non-hydrogen) atoms. The van der Waals surface area contributed by atoms with Crippen molar-refractivity contribution in [2.24, 2.45) is 5.92 Å². The SMILES string of the molecule is CCOc1cccc(N2CCCNC(CC(C)C)C2)c1. The molecule has 3 heteroatoms. The minimum absolute atomic E-state index is 0.591. The van der Waals surface area contributed by atoms with Crippen LogP contribution in [0.3, 0.4) is 0 Å². The van der Waals surface area contributed by atoms with E-state index in [1.165, 1.54) is 18.5 Å². The van der Waals surface area contributed by atoms with Gasteiger partial charge in [0.15, 0.2) is 0 Å². The van der Waals surface area contributed by atoms with Crippen molar-refractivity contribution >= 4 is 5.69 Å². The fourth-order valence-electron chi connectivity index (χ4n) is 2.90. The zero-order chi connectivity index (χ0) is 14.4. The monoisotopic (exact) mass is 276 g/mol. The van der Waals surface area contributed by atoms with Crippen LogP contribution >= 0.6 is 0 Å². The van der Waals surface area contributed by atoms with E-state index >= 15 is 0 Å². The number of ether oxygens (including phenoxy) is 1. The molecule has 0 radical (unpaired) electrons. The quantitative estimate of drug-likeness (QED) is 0.893. The summed E-state index contributed by atoms with van der Waals surface area (Å²) in [6, 6.07) is 9.08. The van der Waals surface area contributed by atoms with Gasteiger partial charge in [0, 0.05) is 30.9 Å². The molecule has 1 fully saturated rings. The average Bonchev–Trinajstić information content (AvgIpc) is 2.64. The Labute approximate surface area is 123 Å². The molecule has 1 heterocycles. The summed E-state index contributed by atoms with van der Waals surface area (Å²) >= 11 is 0. The Morgan fingerprint density at radius 1 is 1.40 bits per heavy atom. The number of benzene rings is 1. The number of hydrogen-bond acceptors (Lipinski definition) is 3. The van der Waals surface area contributed by atoms with Crippen LogP contribution < -0.4 is 15.0 Å². The van der Waals surface area contributed by atoms with Crippen LogP contribution in [0.1, 0.15) is 33.6 Å². The predicted octanol–water partition coefficient (Wildman–Crippen LogP) is 3.30. The van der Waals surface area contributed by atoms with Gasteiger partial charge in [-0.3, -0.25) is 0 Å². The molecule has 0 bridgehead atoms. The highest BCUT2D eigenvalue weighted by molar-refractivity contribution is 5.51. The summed E-state index contributed by atoms with van der Waals surface area (Å²) in [7, 11) is 0. The topological polar surface area (TPSA) is 24.5 Å². The largest absolute Gasteiger partial charge is 0.494 e. The summed E-state index contributed by atoms with van der Waals surface area (Å²) < 4.78 is 5.62. The third-order valence-electron chi connectivity index (χ3n) is 3.73. The smallest absolute Gasteiger partial charge is 0.121 e. The first-order valence-electron chi connectivity index (χ1n) is 7.90. The zero-order valence-electron chi connectivity index (χ0n) is 13.1. The van der Waals surface area contributed by atoms with E-state index in [-0.39, 0.29) is 0 Å². The molecule has 1 aliphatic rings. The summed E-state index contributed by atoms with van der Waals surface area (Å²) in [6.07, 6.45) is 2.44. The van der Waals surface area contributed by atoms with Crippen molar-refractivity contribution in [3.8, 4) is 5.75 Å². The molecular formula is C17H28N2O. The lowest BCUT2D eigenvalue weighted by molar-refractivity contribution is 0.340. The minimum atomic E-state index is 0.591. The molecule has 0 spiro atoms. The van der Waals surface area contributed by atoms with Crippen molar-refractivity contribution in [2.45, 2.75) is 39.7 Å². The molecule has 1 saturated heterocycles. The van der Waals surface area contributed by atoms with Gasteiger partial charge in [-0.05, 0) is 44.4 Å². The van der Waals surface area contributed by atoms with E-state index in [1.807, 2.05) is 13.0 Å². The lowest BCUT2D eigenvalue weighted by Gasteiger charge is -2.27. The van der Waals surface area contributed by atoms with Crippen molar-refractivity contribution in [3.63, 3.8) is 0 Å². The van der Waals surface area contributed by atoms with Gasteiger partial charge in [-0.1, -0.05) is 19.9 Å². The zero-order valence-corrected chi connectivity index (χ0v) is 13.1. The van der Waals surface area contributed by atoms with Gasteiger partial charge in [0.1, 0.15) is 5.75 Å². The Hall–Kier alpha value is -1.22. The fraction of sp³-hybridized carbons (Fsp3) is 0.647.